The van der Waals surface area contributed by atoms with E-state index in [2.05, 4.69) is 12.2 Å². The summed E-state index contributed by atoms with van der Waals surface area (Å²) in [6.07, 6.45) is 7.07. The van der Waals surface area contributed by atoms with E-state index in [9.17, 15) is 0 Å². The Balaban J connectivity index is 1.57. The van der Waals surface area contributed by atoms with E-state index in [1.54, 1.807) is 6.26 Å². The SMILES string of the molecule is C[C@H](NCCCC1CCCO1)c1ccco1. The van der Waals surface area contributed by atoms with Gasteiger partial charge in [-0.3, -0.25) is 0 Å². The van der Waals surface area contributed by atoms with E-state index >= 15 is 0 Å². The van der Waals surface area contributed by atoms with E-state index < -0.39 is 0 Å². The van der Waals surface area contributed by atoms with Crippen LogP contribution in [-0.4, -0.2) is 19.3 Å². The minimum Gasteiger partial charge on any atom is -0.468 e. The fraction of sp³-hybridized carbons (Fsp3) is 0.692. The Kier molecular flexibility index (Phi) is 4.43. The van der Waals surface area contributed by atoms with Gasteiger partial charge in [-0.05, 0) is 51.3 Å². The molecule has 1 aromatic heterocycles. The summed E-state index contributed by atoms with van der Waals surface area (Å²) >= 11 is 0. The van der Waals surface area contributed by atoms with E-state index in [1.807, 2.05) is 12.1 Å². The summed E-state index contributed by atoms with van der Waals surface area (Å²) in [6.45, 7) is 4.12. The quantitative estimate of drug-likeness (QED) is 0.753. The fourth-order valence-corrected chi connectivity index (χ4v) is 2.16. The molecule has 0 spiro atoms. The minimum absolute atomic E-state index is 0.305. The van der Waals surface area contributed by atoms with Crippen LogP contribution >= 0.6 is 0 Å². The highest BCUT2D eigenvalue weighted by atomic mass is 16.5. The maximum atomic E-state index is 5.59. The molecule has 1 aliphatic heterocycles. The van der Waals surface area contributed by atoms with Crippen molar-refractivity contribution in [1.82, 2.24) is 5.32 Å². The Morgan fingerprint density at radius 3 is 3.19 bits per heavy atom. The summed E-state index contributed by atoms with van der Waals surface area (Å²) in [5.41, 5.74) is 0. The maximum Gasteiger partial charge on any atom is 0.120 e. The second kappa shape index (κ2) is 6.06. The first-order valence-electron chi connectivity index (χ1n) is 6.24. The standard InChI is InChI=1S/C13H21NO2/c1-11(13-7-4-10-16-13)14-8-2-5-12-6-3-9-15-12/h4,7,10-12,14H,2-3,5-6,8-9H2,1H3/t11-,12?/m0/s1. The molecule has 90 valence electrons. The second-order valence-corrected chi connectivity index (χ2v) is 4.47. The lowest BCUT2D eigenvalue weighted by atomic mass is 10.1. The largest absolute Gasteiger partial charge is 0.468 e. The number of ether oxygens (including phenoxy) is 1. The second-order valence-electron chi connectivity index (χ2n) is 4.47. The third kappa shape index (κ3) is 3.35. The van der Waals surface area contributed by atoms with Crippen molar-refractivity contribution in [2.24, 2.45) is 0 Å². The van der Waals surface area contributed by atoms with Gasteiger partial charge in [-0.25, -0.2) is 0 Å². The normalized spacial score (nSPS) is 22.4. The zero-order valence-corrected chi connectivity index (χ0v) is 9.95. The minimum atomic E-state index is 0.305. The Labute approximate surface area is 97.2 Å². The monoisotopic (exact) mass is 223 g/mol. The molecule has 2 heterocycles. The highest BCUT2D eigenvalue weighted by Gasteiger charge is 2.14. The van der Waals surface area contributed by atoms with Crippen LogP contribution < -0.4 is 5.32 Å². The molecular formula is C13H21NO2. The lowest BCUT2D eigenvalue weighted by Gasteiger charge is -2.12. The Morgan fingerprint density at radius 1 is 1.56 bits per heavy atom. The van der Waals surface area contributed by atoms with Crippen molar-refractivity contribution < 1.29 is 9.15 Å². The van der Waals surface area contributed by atoms with Gasteiger partial charge in [0, 0.05) is 6.61 Å². The predicted molar refractivity (Wildman–Crippen MR) is 63.3 cm³/mol. The van der Waals surface area contributed by atoms with Crippen molar-refractivity contribution in [1.29, 1.82) is 0 Å². The molecule has 1 saturated heterocycles. The third-order valence-corrected chi connectivity index (χ3v) is 3.15. The Hall–Kier alpha value is -0.800. The molecule has 3 nitrogen and oxygen atoms in total. The van der Waals surface area contributed by atoms with Crippen LogP contribution in [0.2, 0.25) is 0 Å². The molecule has 16 heavy (non-hydrogen) atoms. The highest BCUT2D eigenvalue weighted by molar-refractivity contribution is 5.02. The summed E-state index contributed by atoms with van der Waals surface area (Å²) in [4.78, 5) is 0. The molecule has 1 aromatic rings. The van der Waals surface area contributed by atoms with Crippen molar-refractivity contribution in [3.05, 3.63) is 24.2 Å². The zero-order valence-electron chi connectivity index (χ0n) is 9.95. The van der Waals surface area contributed by atoms with Crippen molar-refractivity contribution in [2.75, 3.05) is 13.2 Å². The molecule has 0 radical (unpaired) electrons. The number of furan rings is 1. The van der Waals surface area contributed by atoms with Gasteiger partial charge in [-0.1, -0.05) is 0 Å². The molecule has 1 fully saturated rings. The molecule has 1 aliphatic rings. The smallest absolute Gasteiger partial charge is 0.120 e. The van der Waals surface area contributed by atoms with Crippen LogP contribution in [0.15, 0.2) is 22.8 Å². The molecule has 0 saturated carbocycles. The van der Waals surface area contributed by atoms with Crippen LogP contribution in [0.4, 0.5) is 0 Å². The molecule has 2 atom stereocenters. The lowest BCUT2D eigenvalue weighted by molar-refractivity contribution is 0.102. The summed E-state index contributed by atoms with van der Waals surface area (Å²) in [7, 11) is 0. The van der Waals surface area contributed by atoms with Crippen molar-refractivity contribution in [2.45, 2.75) is 44.8 Å². The van der Waals surface area contributed by atoms with Crippen LogP contribution in [0.25, 0.3) is 0 Å². The lowest BCUT2D eigenvalue weighted by Crippen LogP contribution is -2.20. The van der Waals surface area contributed by atoms with Crippen LogP contribution in [0.3, 0.4) is 0 Å². The fourth-order valence-electron chi connectivity index (χ4n) is 2.16. The average molecular weight is 223 g/mol. The zero-order chi connectivity index (χ0) is 11.2. The number of hydrogen-bond donors (Lipinski definition) is 1. The third-order valence-electron chi connectivity index (χ3n) is 3.15. The number of rotatable bonds is 6. The molecule has 1 unspecified atom stereocenters. The van der Waals surface area contributed by atoms with Gasteiger partial charge in [0.05, 0.1) is 18.4 Å². The summed E-state index contributed by atoms with van der Waals surface area (Å²) in [5, 5.41) is 3.46. The summed E-state index contributed by atoms with van der Waals surface area (Å²) < 4.78 is 10.9. The van der Waals surface area contributed by atoms with Gasteiger partial charge in [0.1, 0.15) is 5.76 Å². The topological polar surface area (TPSA) is 34.4 Å². The molecule has 0 aromatic carbocycles. The summed E-state index contributed by atoms with van der Waals surface area (Å²) in [5.74, 6) is 1.01. The van der Waals surface area contributed by atoms with Gasteiger partial charge < -0.3 is 14.5 Å². The van der Waals surface area contributed by atoms with Crippen molar-refractivity contribution in [3.63, 3.8) is 0 Å². The van der Waals surface area contributed by atoms with E-state index in [4.69, 9.17) is 9.15 Å². The van der Waals surface area contributed by atoms with Gasteiger partial charge in [-0.15, -0.1) is 0 Å². The first kappa shape index (κ1) is 11.7. The van der Waals surface area contributed by atoms with E-state index in [0.717, 1.165) is 18.9 Å². The maximum absolute atomic E-state index is 5.59. The molecule has 1 N–H and O–H groups in total. The van der Waals surface area contributed by atoms with Crippen molar-refractivity contribution >= 4 is 0 Å². The molecule has 0 amide bonds. The first-order chi connectivity index (χ1) is 7.86. The van der Waals surface area contributed by atoms with E-state index in [0.29, 0.717) is 12.1 Å². The van der Waals surface area contributed by atoms with Gasteiger partial charge in [0.25, 0.3) is 0 Å². The molecule has 0 aliphatic carbocycles. The molecule has 2 rings (SSSR count). The van der Waals surface area contributed by atoms with E-state index in [1.165, 1.54) is 25.7 Å². The van der Waals surface area contributed by atoms with Crippen LogP contribution in [0.1, 0.15) is 44.4 Å². The van der Waals surface area contributed by atoms with Gasteiger partial charge >= 0.3 is 0 Å². The molecular weight excluding hydrogens is 202 g/mol. The van der Waals surface area contributed by atoms with E-state index in [-0.39, 0.29) is 0 Å². The van der Waals surface area contributed by atoms with Gasteiger partial charge in [0.15, 0.2) is 0 Å². The van der Waals surface area contributed by atoms with Crippen LogP contribution in [0.5, 0.6) is 0 Å². The average Bonchev–Trinajstić information content (AvgIpc) is 2.96. The first-order valence-corrected chi connectivity index (χ1v) is 6.24. The Bertz CT molecular complexity index is 278. The molecule has 0 bridgehead atoms. The van der Waals surface area contributed by atoms with Crippen molar-refractivity contribution in [3.8, 4) is 0 Å². The summed E-state index contributed by atoms with van der Waals surface area (Å²) in [6, 6.07) is 4.25. The number of nitrogens with one attached hydrogen (secondary N) is 1. The highest BCUT2D eigenvalue weighted by Crippen LogP contribution is 2.17. The van der Waals surface area contributed by atoms with Crippen LogP contribution in [0, 0.1) is 0 Å². The van der Waals surface area contributed by atoms with Crippen LogP contribution in [-0.2, 0) is 4.74 Å². The van der Waals surface area contributed by atoms with Gasteiger partial charge in [0.2, 0.25) is 0 Å². The van der Waals surface area contributed by atoms with Gasteiger partial charge in [-0.2, -0.15) is 0 Å². The Morgan fingerprint density at radius 2 is 2.50 bits per heavy atom. The number of hydrogen-bond acceptors (Lipinski definition) is 3. The predicted octanol–water partition coefficient (Wildman–Crippen LogP) is 2.89. The molecule has 3 heteroatoms.